The summed E-state index contributed by atoms with van der Waals surface area (Å²) in [4.78, 5) is 8.76. The zero-order chi connectivity index (χ0) is 16.2. The van der Waals surface area contributed by atoms with Gasteiger partial charge in [-0.05, 0) is 37.1 Å². The first kappa shape index (κ1) is 16.3. The first-order valence-corrected chi connectivity index (χ1v) is 8.44. The molecule has 5 nitrogen and oxygen atoms in total. The van der Waals surface area contributed by atoms with E-state index in [1.54, 1.807) is 30.5 Å². The molecule has 122 valence electrons. The summed E-state index contributed by atoms with van der Waals surface area (Å²) in [6.45, 7) is 0. The van der Waals surface area contributed by atoms with Crippen LogP contribution >= 0.6 is 23.2 Å². The van der Waals surface area contributed by atoms with Crippen LogP contribution in [0.3, 0.4) is 0 Å². The van der Waals surface area contributed by atoms with E-state index in [2.05, 4.69) is 20.6 Å². The van der Waals surface area contributed by atoms with Gasteiger partial charge in [-0.15, -0.1) is 0 Å². The molecule has 1 aliphatic rings. The normalized spacial score (nSPS) is 21.0. The lowest BCUT2D eigenvalue weighted by Gasteiger charge is -2.29. The number of nitrogens with one attached hydrogen (secondary N) is 2. The van der Waals surface area contributed by atoms with Crippen molar-refractivity contribution in [1.29, 1.82) is 0 Å². The summed E-state index contributed by atoms with van der Waals surface area (Å²) in [5.41, 5.74) is 6.94. The lowest BCUT2D eigenvalue weighted by molar-refractivity contribution is 0.402. The molecule has 1 fully saturated rings. The zero-order valence-electron chi connectivity index (χ0n) is 12.6. The van der Waals surface area contributed by atoms with Crippen LogP contribution in [-0.2, 0) is 0 Å². The molecule has 0 saturated heterocycles. The van der Waals surface area contributed by atoms with Gasteiger partial charge < -0.3 is 16.4 Å². The molecule has 0 spiro atoms. The quantitative estimate of drug-likeness (QED) is 0.769. The standard InChI is InChI=1S/C16H19Cl2N5/c17-10-7-11(18)9-12(8-10)21-15-5-6-20-16(23-15)22-14-4-2-1-3-13(14)19/h5-9,13-14H,1-4,19H2,(H2,20,21,22,23)/t13-,14+/m0/s1. The molecule has 1 aliphatic carbocycles. The number of benzene rings is 1. The SMILES string of the molecule is N[C@H]1CCCC[C@H]1Nc1nccc(Nc2cc(Cl)cc(Cl)c2)n1. The summed E-state index contributed by atoms with van der Waals surface area (Å²) < 4.78 is 0. The van der Waals surface area contributed by atoms with Gasteiger partial charge in [-0.2, -0.15) is 4.98 Å². The maximum absolute atomic E-state index is 6.16. The lowest BCUT2D eigenvalue weighted by Crippen LogP contribution is -2.42. The highest BCUT2D eigenvalue weighted by atomic mass is 35.5. The van der Waals surface area contributed by atoms with E-state index < -0.39 is 0 Å². The fraction of sp³-hybridized carbons (Fsp3) is 0.375. The van der Waals surface area contributed by atoms with Crippen LogP contribution in [-0.4, -0.2) is 22.1 Å². The fourth-order valence-electron chi connectivity index (χ4n) is 2.78. The highest BCUT2D eigenvalue weighted by Gasteiger charge is 2.22. The van der Waals surface area contributed by atoms with Crippen LogP contribution in [0, 0.1) is 0 Å². The van der Waals surface area contributed by atoms with Gasteiger partial charge in [0, 0.05) is 34.0 Å². The predicted octanol–water partition coefficient (Wildman–Crippen LogP) is 4.21. The summed E-state index contributed by atoms with van der Waals surface area (Å²) in [7, 11) is 0. The van der Waals surface area contributed by atoms with Crippen LogP contribution in [0.1, 0.15) is 25.7 Å². The Bertz CT molecular complexity index is 659. The first-order valence-electron chi connectivity index (χ1n) is 7.68. The van der Waals surface area contributed by atoms with E-state index in [9.17, 15) is 0 Å². The predicted molar refractivity (Wildman–Crippen MR) is 95.6 cm³/mol. The van der Waals surface area contributed by atoms with Crippen molar-refractivity contribution in [2.45, 2.75) is 37.8 Å². The van der Waals surface area contributed by atoms with Gasteiger partial charge in [-0.25, -0.2) is 4.98 Å². The second kappa shape index (κ2) is 7.34. The van der Waals surface area contributed by atoms with E-state index >= 15 is 0 Å². The van der Waals surface area contributed by atoms with Crippen molar-refractivity contribution in [1.82, 2.24) is 9.97 Å². The number of rotatable bonds is 4. The molecule has 7 heteroatoms. The van der Waals surface area contributed by atoms with Gasteiger partial charge in [0.25, 0.3) is 0 Å². The van der Waals surface area contributed by atoms with Gasteiger partial charge in [-0.1, -0.05) is 36.0 Å². The third-order valence-corrected chi connectivity index (χ3v) is 4.36. The van der Waals surface area contributed by atoms with Crippen LogP contribution in [0.15, 0.2) is 30.5 Å². The number of hydrogen-bond acceptors (Lipinski definition) is 5. The van der Waals surface area contributed by atoms with E-state index in [-0.39, 0.29) is 12.1 Å². The smallest absolute Gasteiger partial charge is 0.224 e. The Balaban J connectivity index is 1.71. The van der Waals surface area contributed by atoms with Gasteiger partial charge in [-0.3, -0.25) is 0 Å². The molecule has 3 rings (SSSR count). The molecule has 1 aromatic carbocycles. The summed E-state index contributed by atoms with van der Waals surface area (Å²) in [6.07, 6.45) is 6.17. The minimum atomic E-state index is 0.149. The van der Waals surface area contributed by atoms with Crippen LogP contribution < -0.4 is 16.4 Å². The largest absolute Gasteiger partial charge is 0.350 e. The average Bonchev–Trinajstić information content (AvgIpc) is 2.49. The molecule has 1 saturated carbocycles. The Labute approximate surface area is 145 Å². The highest BCUT2D eigenvalue weighted by Crippen LogP contribution is 2.25. The third kappa shape index (κ3) is 4.47. The Morgan fingerprint density at radius 3 is 2.57 bits per heavy atom. The van der Waals surface area contributed by atoms with Crippen LogP contribution in [0.2, 0.25) is 10.0 Å². The molecule has 0 amide bonds. The molecule has 23 heavy (non-hydrogen) atoms. The number of anilines is 3. The molecule has 2 aromatic rings. The third-order valence-electron chi connectivity index (χ3n) is 3.92. The van der Waals surface area contributed by atoms with E-state index in [1.165, 1.54) is 12.8 Å². The van der Waals surface area contributed by atoms with Crippen molar-refractivity contribution >= 4 is 40.7 Å². The average molecular weight is 352 g/mol. The maximum atomic E-state index is 6.16. The molecule has 0 unspecified atom stereocenters. The van der Waals surface area contributed by atoms with Crippen molar-refractivity contribution < 1.29 is 0 Å². The number of aromatic nitrogens is 2. The van der Waals surface area contributed by atoms with Crippen LogP contribution in [0.25, 0.3) is 0 Å². The minimum Gasteiger partial charge on any atom is -0.350 e. The van der Waals surface area contributed by atoms with Crippen molar-refractivity contribution in [3.8, 4) is 0 Å². The van der Waals surface area contributed by atoms with Crippen molar-refractivity contribution in [2.75, 3.05) is 10.6 Å². The van der Waals surface area contributed by atoms with Crippen molar-refractivity contribution in [3.05, 3.63) is 40.5 Å². The molecule has 2 atom stereocenters. The molecule has 4 N–H and O–H groups in total. The van der Waals surface area contributed by atoms with Gasteiger partial charge in [0.05, 0.1) is 0 Å². The lowest BCUT2D eigenvalue weighted by atomic mass is 9.91. The van der Waals surface area contributed by atoms with Gasteiger partial charge in [0.2, 0.25) is 5.95 Å². The highest BCUT2D eigenvalue weighted by molar-refractivity contribution is 6.35. The molecular formula is C16H19Cl2N5. The van der Waals surface area contributed by atoms with Gasteiger partial charge in [0.1, 0.15) is 5.82 Å². The van der Waals surface area contributed by atoms with E-state index in [0.29, 0.717) is 21.8 Å². The van der Waals surface area contributed by atoms with Crippen molar-refractivity contribution in [2.24, 2.45) is 5.73 Å². The summed E-state index contributed by atoms with van der Waals surface area (Å²) >= 11 is 12.0. The molecule has 1 heterocycles. The van der Waals surface area contributed by atoms with Crippen molar-refractivity contribution in [3.63, 3.8) is 0 Å². The molecular weight excluding hydrogens is 333 g/mol. The fourth-order valence-corrected chi connectivity index (χ4v) is 3.30. The Kier molecular flexibility index (Phi) is 5.20. The molecule has 0 radical (unpaired) electrons. The second-order valence-electron chi connectivity index (χ2n) is 5.75. The summed E-state index contributed by atoms with van der Waals surface area (Å²) in [5.74, 6) is 1.25. The number of halogens is 2. The first-order chi connectivity index (χ1) is 11.1. The molecule has 0 bridgehead atoms. The summed E-state index contributed by atoms with van der Waals surface area (Å²) in [6, 6.07) is 7.43. The summed E-state index contributed by atoms with van der Waals surface area (Å²) in [5, 5.41) is 7.66. The Morgan fingerprint density at radius 1 is 1.09 bits per heavy atom. The number of nitrogens with two attached hydrogens (primary N) is 1. The minimum absolute atomic E-state index is 0.149. The molecule has 0 aliphatic heterocycles. The second-order valence-corrected chi connectivity index (χ2v) is 6.62. The molecule has 1 aromatic heterocycles. The van der Waals surface area contributed by atoms with Gasteiger partial charge in [0.15, 0.2) is 0 Å². The zero-order valence-corrected chi connectivity index (χ0v) is 14.1. The topological polar surface area (TPSA) is 75.9 Å². The van der Waals surface area contributed by atoms with E-state index in [0.717, 1.165) is 18.5 Å². The monoisotopic (exact) mass is 351 g/mol. The van der Waals surface area contributed by atoms with Gasteiger partial charge >= 0.3 is 0 Å². The number of hydrogen-bond donors (Lipinski definition) is 3. The van der Waals surface area contributed by atoms with E-state index in [1.807, 2.05) is 0 Å². The van der Waals surface area contributed by atoms with Crippen LogP contribution in [0.5, 0.6) is 0 Å². The maximum Gasteiger partial charge on any atom is 0.224 e. The Hall–Kier alpha value is -1.56. The van der Waals surface area contributed by atoms with Crippen LogP contribution in [0.4, 0.5) is 17.5 Å². The van der Waals surface area contributed by atoms with E-state index in [4.69, 9.17) is 28.9 Å². The number of nitrogens with zero attached hydrogens (tertiary/aromatic N) is 2. The Morgan fingerprint density at radius 2 is 1.83 bits per heavy atom.